The molecule has 1 amide bonds. The number of amides is 1. The molecule has 4 rings (SSSR count). The first-order valence-electron chi connectivity index (χ1n) is 11.9. The molecule has 37 heavy (non-hydrogen) atoms. The third-order valence-corrected chi connectivity index (χ3v) is 7.76. The van der Waals surface area contributed by atoms with Crippen molar-refractivity contribution in [2.75, 3.05) is 18.4 Å². The van der Waals surface area contributed by atoms with Gasteiger partial charge in [0.25, 0.3) is 0 Å². The maximum atomic E-state index is 13.4. The highest BCUT2D eigenvalue weighted by Gasteiger charge is 2.28. The lowest BCUT2D eigenvalue weighted by Crippen LogP contribution is -2.40. The summed E-state index contributed by atoms with van der Waals surface area (Å²) in [5.41, 5.74) is 3.51. The van der Waals surface area contributed by atoms with Gasteiger partial charge in [0.05, 0.1) is 17.1 Å². The van der Waals surface area contributed by atoms with Gasteiger partial charge in [-0.15, -0.1) is 0 Å². The molecule has 0 atom stereocenters. The normalized spacial score (nSPS) is 11.7. The number of anilines is 1. The molecule has 0 unspecified atom stereocenters. The Hall–Kier alpha value is -3.46. The predicted molar refractivity (Wildman–Crippen MR) is 147 cm³/mol. The van der Waals surface area contributed by atoms with Crippen molar-refractivity contribution in [3.8, 4) is 16.9 Å². The van der Waals surface area contributed by atoms with Crippen molar-refractivity contribution in [1.82, 2.24) is 13.9 Å². The Labute approximate surface area is 222 Å². The first kappa shape index (κ1) is 26.6. The number of carbonyl (C=O) groups excluding carboxylic acids is 1. The van der Waals surface area contributed by atoms with Gasteiger partial charge in [0.15, 0.2) is 0 Å². The van der Waals surface area contributed by atoms with Gasteiger partial charge in [-0.25, -0.2) is 13.4 Å². The number of halogens is 1. The van der Waals surface area contributed by atoms with Crippen LogP contribution in [0.2, 0.25) is 5.02 Å². The monoisotopic (exact) mass is 536 g/mol. The van der Waals surface area contributed by atoms with E-state index in [2.05, 4.69) is 10.3 Å². The molecular formula is C28H29ClN4O3S. The van der Waals surface area contributed by atoms with Crippen molar-refractivity contribution < 1.29 is 13.2 Å². The van der Waals surface area contributed by atoms with Gasteiger partial charge in [-0.05, 0) is 49.2 Å². The zero-order chi connectivity index (χ0) is 26.6. The molecule has 0 aliphatic heterocycles. The summed E-state index contributed by atoms with van der Waals surface area (Å²) in [5, 5.41) is 3.27. The van der Waals surface area contributed by atoms with Crippen LogP contribution in [-0.4, -0.2) is 41.3 Å². The maximum absolute atomic E-state index is 13.4. The van der Waals surface area contributed by atoms with E-state index in [1.165, 1.54) is 28.6 Å². The highest BCUT2D eigenvalue weighted by Crippen LogP contribution is 2.25. The molecule has 0 radical (unpaired) electrons. The molecule has 7 nitrogen and oxygen atoms in total. The molecule has 1 aromatic heterocycles. The molecule has 1 N–H and O–H groups in total. The van der Waals surface area contributed by atoms with Gasteiger partial charge in [0, 0.05) is 29.0 Å². The maximum Gasteiger partial charge on any atom is 0.243 e. The van der Waals surface area contributed by atoms with E-state index >= 15 is 0 Å². The summed E-state index contributed by atoms with van der Waals surface area (Å²) in [6, 6.07) is 23.4. The molecule has 0 bridgehead atoms. The van der Waals surface area contributed by atoms with Crippen molar-refractivity contribution in [1.29, 1.82) is 0 Å². The summed E-state index contributed by atoms with van der Waals surface area (Å²) in [5.74, 6) is -0.174. The van der Waals surface area contributed by atoms with Crippen LogP contribution in [-0.2, 0) is 14.8 Å². The number of imidazole rings is 1. The molecule has 3 aromatic carbocycles. The van der Waals surface area contributed by atoms with Crippen LogP contribution in [0.15, 0.2) is 90.0 Å². The van der Waals surface area contributed by atoms with Crippen molar-refractivity contribution >= 4 is 33.5 Å². The summed E-state index contributed by atoms with van der Waals surface area (Å²) in [4.78, 5) is 18.0. The summed E-state index contributed by atoms with van der Waals surface area (Å²) in [6.45, 7) is 5.63. The van der Waals surface area contributed by atoms with Crippen LogP contribution < -0.4 is 5.32 Å². The fraction of sp³-hybridized carbons (Fsp3) is 0.214. The zero-order valence-electron chi connectivity index (χ0n) is 20.9. The molecule has 0 aliphatic rings. The van der Waals surface area contributed by atoms with E-state index in [1.807, 2.05) is 81.6 Å². The molecular weight excluding hydrogens is 508 g/mol. The van der Waals surface area contributed by atoms with E-state index in [1.54, 1.807) is 4.57 Å². The molecule has 0 fully saturated rings. The Morgan fingerprint density at radius 1 is 1.00 bits per heavy atom. The Morgan fingerprint density at radius 3 is 2.27 bits per heavy atom. The van der Waals surface area contributed by atoms with Crippen molar-refractivity contribution in [2.45, 2.75) is 25.7 Å². The summed E-state index contributed by atoms with van der Waals surface area (Å²) < 4.78 is 29.7. The highest BCUT2D eigenvalue weighted by molar-refractivity contribution is 7.89. The fourth-order valence-corrected chi connectivity index (χ4v) is 5.54. The molecule has 1 heterocycles. The van der Waals surface area contributed by atoms with Crippen LogP contribution in [0.5, 0.6) is 0 Å². The Morgan fingerprint density at radius 2 is 1.65 bits per heavy atom. The van der Waals surface area contributed by atoms with E-state index in [0.29, 0.717) is 16.7 Å². The van der Waals surface area contributed by atoms with Gasteiger partial charge >= 0.3 is 0 Å². The van der Waals surface area contributed by atoms with Crippen LogP contribution in [0.1, 0.15) is 19.4 Å². The Balaban J connectivity index is 1.64. The molecule has 0 saturated carbocycles. The van der Waals surface area contributed by atoms with Crippen molar-refractivity contribution in [3.05, 3.63) is 95.6 Å². The molecule has 4 aromatic rings. The number of carbonyl (C=O) groups is 1. The Bertz CT molecular complexity index is 1470. The Kier molecular flexibility index (Phi) is 8.12. The summed E-state index contributed by atoms with van der Waals surface area (Å²) >= 11 is 5.94. The van der Waals surface area contributed by atoms with E-state index in [4.69, 9.17) is 11.6 Å². The van der Waals surface area contributed by atoms with E-state index in [0.717, 1.165) is 16.8 Å². The minimum atomic E-state index is -3.92. The van der Waals surface area contributed by atoms with E-state index in [9.17, 15) is 13.2 Å². The topological polar surface area (TPSA) is 84.3 Å². The number of aromatic nitrogens is 2. The van der Waals surface area contributed by atoms with Gasteiger partial charge in [0.1, 0.15) is 0 Å². The number of hydrogen-bond donors (Lipinski definition) is 1. The third kappa shape index (κ3) is 6.46. The minimum Gasteiger partial charge on any atom is -0.294 e. The van der Waals surface area contributed by atoms with E-state index < -0.39 is 15.9 Å². The smallest absolute Gasteiger partial charge is 0.243 e. The summed E-state index contributed by atoms with van der Waals surface area (Å²) in [6.07, 6.45) is 1.85. The lowest BCUT2D eigenvalue weighted by Gasteiger charge is -2.23. The van der Waals surface area contributed by atoms with Gasteiger partial charge in [-0.1, -0.05) is 73.5 Å². The van der Waals surface area contributed by atoms with E-state index in [-0.39, 0.29) is 23.9 Å². The lowest BCUT2D eigenvalue weighted by atomic mass is 10.2. The second-order valence-electron chi connectivity index (χ2n) is 9.21. The van der Waals surface area contributed by atoms with Gasteiger partial charge in [0.2, 0.25) is 21.9 Å². The number of aryl methyl sites for hydroxylation is 1. The second kappa shape index (κ2) is 11.3. The van der Waals surface area contributed by atoms with Crippen LogP contribution in [0.25, 0.3) is 16.9 Å². The molecule has 0 aliphatic carbocycles. The first-order chi connectivity index (χ1) is 17.6. The molecule has 192 valence electrons. The number of hydrogen-bond acceptors (Lipinski definition) is 4. The molecule has 9 heteroatoms. The highest BCUT2D eigenvalue weighted by atomic mass is 35.5. The lowest BCUT2D eigenvalue weighted by molar-refractivity contribution is -0.116. The number of rotatable bonds is 9. The fourth-order valence-electron chi connectivity index (χ4n) is 3.85. The number of benzene rings is 3. The van der Waals surface area contributed by atoms with Crippen LogP contribution in [0.4, 0.5) is 5.95 Å². The molecule has 0 spiro atoms. The van der Waals surface area contributed by atoms with Gasteiger partial charge in [-0.3, -0.25) is 14.7 Å². The predicted octanol–water partition coefficient (Wildman–Crippen LogP) is 5.79. The van der Waals surface area contributed by atoms with Gasteiger partial charge < -0.3 is 0 Å². The second-order valence-corrected chi connectivity index (χ2v) is 11.6. The number of nitrogens with one attached hydrogen (secondary N) is 1. The van der Waals surface area contributed by atoms with Crippen LogP contribution in [0, 0.1) is 12.8 Å². The summed E-state index contributed by atoms with van der Waals surface area (Å²) in [7, 11) is -3.92. The average molecular weight is 537 g/mol. The zero-order valence-corrected chi connectivity index (χ0v) is 22.5. The quantitative estimate of drug-likeness (QED) is 0.293. The third-order valence-electron chi connectivity index (χ3n) is 5.68. The number of sulfonamides is 1. The van der Waals surface area contributed by atoms with Crippen molar-refractivity contribution in [3.63, 3.8) is 0 Å². The van der Waals surface area contributed by atoms with Gasteiger partial charge in [-0.2, -0.15) is 4.31 Å². The first-order valence-corrected chi connectivity index (χ1v) is 13.7. The number of nitrogens with zero attached hydrogens (tertiary/aromatic N) is 3. The van der Waals surface area contributed by atoms with Crippen molar-refractivity contribution in [2.24, 2.45) is 5.92 Å². The standard InChI is InChI=1S/C28H29ClN4O3S/c1-20(2)17-32(37(35,36)25-15-11-23(29)12-16-25)19-27(34)31-28-30-26(22-7-5-4-6-8-22)18-33(28)24-13-9-21(3)10-14-24/h4-16,18,20H,17,19H2,1-3H3,(H,30,31,34). The molecule has 0 saturated heterocycles. The van der Waals surface area contributed by atoms with Crippen LogP contribution in [0.3, 0.4) is 0 Å². The SMILES string of the molecule is Cc1ccc(-n2cc(-c3ccccc3)nc2NC(=O)CN(CC(C)C)S(=O)(=O)c2ccc(Cl)cc2)cc1. The van der Waals surface area contributed by atoms with Crippen LogP contribution >= 0.6 is 11.6 Å². The average Bonchev–Trinajstić information content (AvgIpc) is 3.28. The minimum absolute atomic E-state index is 0.00843. The largest absolute Gasteiger partial charge is 0.294 e.